The Morgan fingerprint density at radius 3 is 2.48 bits per heavy atom. The quantitative estimate of drug-likeness (QED) is 0.822. The lowest BCUT2D eigenvalue weighted by molar-refractivity contribution is -0.146. The van der Waals surface area contributed by atoms with Crippen molar-refractivity contribution in [1.82, 2.24) is 15.5 Å². The van der Waals surface area contributed by atoms with Crippen LogP contribution in [0.15, 0.2) is 0 Å². The van der Waals surface area contributed by atoms with Gasteiger partial charge in [0.15, 0.2) is 0 Å². The van der Waals surface area contributed by atoms with Crippen LogP contribution in [0.1, 0.15) is 42.6 Å². The van der Waals surface area contributed by atoms with Gasteiger partial charge in [0.05, 0.1) is 25.1 Å². The Morgan fingerprint density at radius 1 is 1.29 bits per heavy atom. The van der Waals surface area contributed by atoms with Gasteiger partial charge >= 0.3 is 5.97 Å². The van der Waals surface area contributed by atoms with Crippen LogP contribution >= 0.6 is 0 Å². The average Bonchev–Trinajstić information content (AvgIpc) is 2.79. The van der Waals surface area contributed by atoms with Crippen LogP contribution in [0.3, 0.4) is 0 Å². The van der Waals surface area contributed by atoms with E-state index in [0.29, 0.717) is 6.42 Å². The molecule has 1 amide bonds. The van der Waals surface area contributed by atoms with Crippen molar-refractivity contribution in [3.8, 4) is 0 Å². The maximum absolute atomic E-state index is 12.1. The summed E-state index contributed by atoms with van der Waals surface area (Å²) in [6.07, 6.45) is 3.57. The van der Waals surface area contributed by atoms with Crippen molar-refractivity contribution >= 4 is 11.9 Å². The van der Waals surface area contributed by atoms with Crippen LogP contribution in [0.4, 0.5) is 0 Å². The molecule has 0 aliphatic heterocycles. The lowest BCUT2D eigenvalue weighted by Gasteiger charge is -2.27. The van der Waals surface area contributed by atoms with Gasteiger partial charge < -0.3 is 10.1 Å². The molecule has 1 fully saturated rings. The molecule has 2 N–H and O–H groups in total. The van der Waals surface area contributed by atoms with Crippen LogP contribution in [0.25, 0.3) is 0 Å². The molecule has 0 atom stereocenters. The SMILES string of the molecule is COC(=O)C1CCC(NC(=O)Cc2c(C)n[nH]c2C)CC1. The highest BCUT2D eigenvalue weighted by Gasteiger charge is 2.27. The van der Waals surface area contributed by atoms with Gasteiger partial charge in [0.2, 0.25) is 5.91 Å². The zero-order valence-corrected chi connectivity index (χ0v) is 12.9. The van der Waals surface area contributed by atoms with E-state index in [1.165, 1.54) is 7.11 Å². The van der Waals surface area contributed by atoms with Crippen molar-refractivity contribution < 1.29 is 14.3 Å². The fourth-order valence-corrected chi connectivity index (χ4v) is 2.91. The van der Waals surface area contributed by atoms with Crippen LogP contribution in [0.2, 0.25) is 0 Å². The van der Waals surface area contributed by atoms with Crippen molar-refractivity contribution in [2.45, 2.75) is 52.0 Å². The van der Waals surface area contributed by atoms with Crippen LogP contribution in [0, 0.1) is 19.8 Å². The minimum Gasteiger partial charge on any atom is -0.469 e. The zero-order chi connectivity index (χ0) is 15.4. The normalized spacial score (nSPS) is 21.9. The minimum absolute atomic E-state index is 0.0125. The van der Waals surface area contributed by atoms with Gasteiger partial charge in [-0.2, -0.15) is 5.10 Å². The summed E-state index contributed by atoms with van der Waals surface area (Å²) in [5, 5.41) is 10.0. The van der Waals surface area contributed by atoms with E-state index in [2.05, 4.69) is 15.5 Å². The fourth-order valence-electron chi connectivity index (χ4n) is 2.91. The van der Waals surface area contributed by atoms with Crippen molar-refractivity contribution in [1.29, 1.82) is 0 Å². The molecular weight excluding hydrogens is 270 g/mol. The predicted octanol–water partition coefficient (Wildman–Crippen LogP) is 1.42. The van der Waals surface area contributed by atoms with E-state index in [1.807, 2.05) is 13.8 Å². The third kappa shape index (κ3) is 3.83. The summed E-state index contributed by atoms with van der Waals surface area (Å²) >= 11 is 0. The Morgan fingerprint density at radius 2 is 1.95 bits per heavy atom. The zero-order valence-electron chi connectivity index (χ0n) is 12.9. The topological polar surface area (TPSA) is 84.1 Å². The number of rotatable bonds is 4. The van der Waals surface area contributed by atoms with E-state index in [0.717, 1.165) is 42.6 Å². The first-order valence-electron chi connectivity index (χ1n) is 7.39. The number of aromatic nitrogens is 2. The number of esters is 1. The van der Waals surface area contributed by atoms with E-state index in [-0.39, 0.29) is 23.8 Å². The minimum atomic E-state index is -0.135. The molecule has 2 rings (SSSR count). The molecule has 1 aliphatic rings. The standard InChI is InChI=1S/C15H23N3O3/c1-9-13(10(2)18-17-9)8-14(19)16-12-6-4-11(5-7-12)15(20)21-3/h11-12H,4-8H2,1-3H3,(H,16,19)(H,17,18). The number of aromatic amines is 1. The van der Waals surface area contributed by atoms with Crippen molar-refractivity contribution in [3.63, 3.8) is 0 Å². The summed E-state index contributed by atoms with van der Waals surface area (Å²) in [6, 6.07) is 0.158. The van der Waals surface area contributed by atoms with Crippen LogP contribution in [-0.4, -0.2) is 35.2 Å². The first-order chi connectivity index (χ1) is 10.0. The summed E-state index contributed by atoms with van der Waals surface area (Å²) < 4.78 is 4.77. The first-order valence-corrected chi connectivity index (χ1v) is 7.39. The second-order valence-electron chi connectivity index (χ2n) is 5.73. The van der Waals surface area contributed by atoms with Gasteiger partial charge in [0.25, 0.3) is 0 Å². The molecule has 1 heterocycles. The molecule has 116 valence electrons. The number of aryl methyl sites for hydroxylation is 2. The average molecular weight is 293 g/mol. The van der Waals surface area contributed by atoms with E-state index >= 15 is 0 Å². The molecule has 0 saturated heterocycles. The monoisotopic (exact) mass is 293 g/mol. The third-order valence-corrected chi connectivity index (χ3v) is 4.24. The first kappa shape index (κ1) is 15.5. The predicted molar refractivity (Wildman–Crippen MR) is 77.7 cm³/mol. The molecule has 0 bridgehead atoms. The number of amides is 1. The molecule has 1 aromatic heterocycles. The van der Waals surface area contributed by atoms with E-state index in [4.69, 9.17) is 4.74 Å². The van der Waals surface area contributed by atoms with Gasteiger partial charge in [-0.05, 0) is 39.5 Å². The maximum atomic E-state index is 12.1. The lowest BCUT2D eigenvalue weighted by Crippen LogP contribution is -2.39. The van der Waals surface area contributed by atoms with E-state index < -0.39 is 0 Å². The number of ether oxygens (including phenoxy) is 1. The molecule has 6 heteroatoms. The maximum Gasteiger partial charge on any atom is 0.308 e. The smallest absolute Gasteiger partial charge is 0.308 e. The van der Waals surface area contributed by atoms with Gasteiger partial charge in [0.1, 0.15) is 0 Å². The van der Waals surface area contributed by atoms with Gasteiger partial charge in [-0.15, -0.1) is 0 Å². The molecule has 0 unspecified atom stereocenters. The molecule has 6 nitrogen and oxygen atoms in total. The second kappa shape index (κ2) is 6.74. The molecule has 0 radical (unpaired) electrons. The molecule has 0 aromatic carbocycles. The second-order valence-corrected chi connectivity index (χ2v) is 5.73. The summed E-state index contributed by atoms with van der Waals surface area (Å²) in [6.45, 7) is 3.82. The summed E-state index contributed by atoms with van der Waals surface area (Å²) in [5.74, 6) is -0.130. The Kier molecular flexibility index (Phi) is 4.98. The highest BCUT2D eigenvalue weighted by molar-refractivity contribution is 5.79. The van der Waals surface area contributed by atoms with Gasteiger partial charge in [-0.25, -0.2) is 0 Å². The highest BCUT2D eigenvalue weighted by atomic mass is 16.5. The molecular formula is C15H23N3O3. The fraction of sp³-hybridized carbons (Fsp3) is 0.667. The molecule has 1 aromatic rings. The Hall–Kier alpha value is -1.85. The Labute approximate surface area is 124 Å². The largest absolute Gasteiger partial charge is 0.469 e. The third-order valence-electron chi connectivity index (χ3n) is 4.24. The van der Waals surface area contributed by atoms with Crippen LogP contribution in [-0.2, 0) is 20.7 Å². The Bertz CT molecular complexity index is 497. The number of hydrogen-bond donors (Lipinski definition) is 2. The number of methoxy groups -OCH3 is 1. The summed E-state index contributed by atoms with van der Waals surface area (Å²) in [7, 11) is 1.42. The lowest BCUT2D eigenvalue weighted by atomic mass is 9.86. The molecule has 21 heavy (non-hydrogen) atoms. The number of nitrogens with zero attached hydrogens (tertiary/aromatic N) is 1. The van der Waals surface area contributed by atoms with Crippen molar-refractivity contribution in [2.24, 2.45) is 5.92 Å². The molecule has 0 spiro atoms. The van der Waals surface area contributed by atoms with Gasteiger partial charge in [0, 0.05) is 17.3 Å². The number of carbonyl (C=O) groups is 2. The number of carbonyl (C=O) groups excluding carboxylic acids is 2. The van der Waals surface area contributed by atoms with E-state index in [9.17, 15) is 9.59 Å². The highest BCUT2D eigenvalue weighted by Crippen LogP contribution is 2.25. The molecule has 1 aliphatic carbocycles. The van der Waals surface area contributed by atoms with Gasteiger partial charge in [-0.1, -0.05) is 0 Å². The summed E-state index contributed by atoms with van der Waals surface area (Å²) in [4.78, 5) is 23.6. The van der Waals surface area contributed by atoms with Gasteiger partial charge in [-0.3, -0.25) is 14.7 Å². The van der Waals surface area contributed by atoms with E-state index in [1.54, 1.807) is 0 Å². The van der Waals surface area contributed by atoms with Crippen LogP contribution < -0.4 is 5.32 Å². The number of H-pyrrole nitrogens is 1. The van der Waals surface area contributed by atoms with Crippen molar-refractivity contribution in [3.05, 3.63) is 17.0 Å². The van der Waals surface area contributed by atoms with Crippen LogP contribution in [0.5, 0.6) is 0 Å². The molecule has 1 saturated carbocycles. The Balaban J connectivity index is 1.81. The van der Waals surface area contributed by atoms with Crippen molar-refractivity contribution in [2.75, 3.05) is 7.11 Å². The summed E-state index contributed by atoms with van der Waals surface area (Å²) in [5.41, 5.74) is 2.78. The number of nitrogens with one attached hydrogen (secondary N) is 2. The number of hydrogen-bond acceptors (Lipinski definition) is 4.